The van der Waals surface area contributed by atoms with Crippen LogP contribution in [0.25, 0.3) is 21.9 Å². The van der Waals surface area contributed by atoms with Crippen LogP contribution >= 0.6 is 11.6 Å². The van der Waals surface area contributed by atoms with Crippen molar-refractivity contribution in [2.75, 3.05) is 0 Å². The fourth-order valence-electron chi connectivity index (χ4n) is 5.17. The summed E-state index contributed by atoms with van der Waals surface area (Å²) < 4.78 is 0. The van der Waals surface area contributed by atoms with E-state index in [2.05, 4.69) is 109 Å². The predicted octanol–water partition coefficient (Wildman–Crippen LogP) is 7.86. The Kier molecular flexibility index (Phi) is 3.84. The van der Waals surface area contributed by atoms with Crippen LogP contribution in [0.5, 0.6) is 0 Å². The molecule has 0 spiro atoms. The standard InChI is InChI=1S/C29H19Cl/c30-24-11-7-10-22(19-24)29(23-17-16-20-8-1-2-9-21(20)18-23)27-14-5-3-12-25(27)26-13-4-6-15-28(26)29/h1-19H. The van der Waals surface area contributed by atoms with Crippen LogP contribution in [0.2, 0.25) is 5.02 Å². The Labute approximate surface area is 181 Å². The summed E-state index contributed by atoms with van der Waals surface area (Å²) in [7, 11) is 0. The molecule has 30 heavy (non-hydrogen) atoms. The zero-order valence-electron chi connectivity index (χ0n) is 16.3. The maximum absolute atomic E-state index is 6.52. The number of hydrogen-bond acceptors (Lipinski definition) is 0. The Morgan fingerprint density at radius 3 is 1.77 bits per heavy atom. The average Bonchev–Trinajstić information content (AvgIpc) is 3.10. The topological polar surface area (TPSA) is 0 Å². The zero-order chi connectivity index (χ0) is 20.1. The van der Waals surface area contributed by atoms with Crippen LogP contribution in [0.3, 0.4) is 0 Å². The van der Waals surface area contributed by atoms with Crippen molar-refractivity contribution in [2.45, 2.75) is 5.41 Å². The summed E-state index contributed by atoms with van der Waals surface area (Å²) >= 11 is 6.52. The first-order valence-electron chi connectivity index (χ1n) is 10.2. The van der Waals surface area contributed by atoms with Crippen molar-refractivity contribution in [3.8, 4) is 11.1 Å². The van der Waals surface area contributed by atoms with Gasteiger partial charge in [0.15, 0.2) is 0 Å². The van der Waals surface area contributed by atoms with Crippen molar-refractivity contribution in [1.29, 1.82) is 0 Å². The van der Waals surface area contributed by atoms with Gasteiger partial charge in [-0.15, -0.1) is 0 Å². The molecule has 1 aliphatic carbocycles. The summed E-state index contributed by atoms with van der Waals surface area (Å²) in [4.78, 5) is 0. The molecule has 0 heterocycles. The quantitative estimate of drug-likeness (QED) is 0.276. The van der Waals surface area contributed by atoms with Gasteiger partial charge in [0, 0.05) is 5.02 Å². The molecule has 0 saturated heterocycles. The molecule has 5 aromatic carbocycles. The highest BCUT2D eigenvalue weighted by atomic mass is 35.5. The first kappa shape index (κ1) is 17.5. The molecule has 0 amide bonds. The van der Waals surface area contributed by atoms with E-state index in [9.17, 15) is 0 Å². The summed E-state index contributed by atoms with van der Waals surface area (Å²) in [5.74, 6) is 0. The fourth-order valence-corrected chi connectivity index (χ4v) is 5.36. The van der Waals surface area contributed by atoms with Gasteiger partial charge in [0.1, 0.15) is 0 Å². The number of rotatable bonds is 2. The zero-order valence-corrected chi connectivity index (χ0v) is 17.1. The van der Waals surface area contributed by atoms with E-state index in [0.717, 1.165) is 5.02 Å². The number of halogens is 1. The van der Waals surface area contributed by atoms with Crippen molar-refractivity contribution in [2.24, 2.45) is 0 Å². The molecule has 0 N–H and O–H groups in total. The van der Waals surface area contributed by atoms with E-state index in [4.69, 9.17) is 11.6 Å². The van der Waals surface area contributed by atoms with Gasteiger partial charge < -0.3 is 0 Å². The molecule has 0 aliphatic heterocycles. The molecule has 0 radical (unpaired) electrons. The van der Waals surface area contributed by atoms with Crippen molar-refractivity contribution < 1.29 is 0 Å². The lowest BCUT2D eigenvalue weighted by molar-refractivity contribution is 0.770. The van der Waals surface area contributed by atoms with Gasteiger partial charge in [0.25, 0.3) is 0 Å². The van der Waals surface area contributed by atoms with Gasteiger partial charge in [-0.25, -0.2) is 0 Å². The molecule has 1 heteroatoms. The van der Waals surface area contributed by atoms with Crippen molar-refractivity contribution in [3.05, 3.63) is 143 Å². The van der Waals surface area contributed by atoms with Gasteiger partial charge >= 0.3 is 0 Å². The Morgan fingerprint density at radius 2 is 1.07 bits per heavy atom. The molecule has 5 aromatic rings. The van der Waals surface area contributed by atoms with Crippen LogP contribution in [-0.2, 0) is 5.41 Å². The average molecular weight is 403 g/mol. The molecule has 0 saturated carbocycles. The number of fused-ring (bicyclic) bond motifs is 4. The van der Waals surface area contributed by atoms with E-state index >= 15 is 0 Å². The third kappa shape index (κ3) is 2.35. The van der Waals surface area contributed by atoms with Crippen LogP contribution in [-0.4, -0.2) is 0 Å². The van der Waals surface area contributed by atoms with Gasteiger partial charge in [-0.3, -0.25) is 0 Å². The summed E-state index contributed by atoms with van der Waals surface area (Å²) in [6, 6.07) is 41.3. The molecule has 0 nitrogen and oxygen atoms in total. The van der Waals surface area contributed by atoms with Crippen LogP contribution < -0.4 is 0 Å². The number of benzene rings is 5. The van der Waals surface area contributed by atoms with Gasteiger partial charge in [0.05, 0.1) is 5.41 Å². The molecule has 0 atom stereocenters. The lowest BCUT2D eigenvalue weighted by Crippen LogP contribution is -2.28. The second-order valence-corrected chi connectivity index (χ2v) is 8.35. The third-order valence-electron chi connectivity index (χ3n) is 6.39. The second kappa shape index (κ2) is 6.58. The molecule has 0 aromatic heterocycles. The summed E-state index contributed by atoms with van der Waals surface area (Å²) in [6.45, 7) is 0. The van der Waals surface area contributed by atoms with Gasteiger partial charge in [-0.1, -0.05) is 109 Å². The lowest BCUT2D eigenvalue weighted by atomic mass is 9.67. The van der Waals surface area contributed by atoms with Crippen LogP contribution in [0.1, 0.15) is 22.3 Å². The maximum atomic E-state index is 6.52. The minimum Gasteiger partial charge on any atom is -0.0843 e. The summed E-state index contributed by atoms with van der Waals surface area (Å²) in [5.41, 5.74) is 7.26. The molecule has 0 fully saturated rings. The third-order valence-corrected chi connectivity index (χ3v) is 6.63. The molecule has 6 rings (SSSR count). The first-order valence-corrected chi connectivity index (χ1v) is 10.6. The molecule has 0 bridgehead atoms. The second-order valence-electron chi connectivity index (χ2n) is 7.91. The number of hydrogen-bond donors (Lipinski definition) is 0. The first-order chi connectivity index (χ1) is 14.8. The van der Waals surface area contributed by atoms with Crippen LogP contribution in [0.4, 0.5) is 0 Å². The smallest absolute Gasteiger partial charge is 0.0714 e. The largest absolute Gasteiger partial charge is 0.0843 e. The molecular weight excluding hydrogens is 384 g/mol. The van der Waals surface area contributed by atoms with Crippen molar-refractivity contribution >= 4 is 22.4 Å². The molecule has 1 aliphatic rings. The van der Waals surface area contributed by atoms with Gasteiger partial charge in [-0.2, -0.15) is 0 Å². The summed E-state index contributed by atoms with van der Waals surface area (Å²) in [5, 5.41) is 3.26. The summed E-state index contributed by atoms with van der Waals surface area (Å²) in [6.07, 6.45) is 0. The monoisotopic (exact) mass is 402 g/mol. The normalized spacial score (nSPS) is 13.8. The molecular formula is C29H19Cl. The molecule has 0 unspecified atom stereocenters. The van der Waals surface area contributed by atoms with E-state index in [-0.39, 0.29) is 0 Å². The Morgan fingerprint density at radius 1 is 0.467 bits per heavy atom. The minimum absolute atomic E-state index is 0.401. The highest BCUT2D eigenvalue weighted by Gasteiger charge is 2.45. The Balaban J connectivity index is 1.79. The van der Waals surface area contributed by atoms with Crippen molar-refractivity contribution in [1.82, 2.24) is 0 Å². The van der Waals surface area contributed by atoms with E-state index < -0.39 is 5.41 Å². The Hall–Kier alpha value is -3.35. The SMILES string of the molecule is Clc1cccc(C2(c3ccc4ccccc4c3)c3ccccc3-c3ccccc32)c1. The van der Waals surface area contributed by atoms with Crippen LogP contribution in [0, 0.1) is 0 Å². The van der Waals surface area contributed by atoms with E-state index in [1.54, 1.807) is 0 Å². The van der Waals surface area contributed by atoms with E-state index in [1.165, 1.54) is 44.2 Å². The molecule has 142 valence electrons. The maximum Gasteiger partial charge on any atom is 0.0714 e. The van der Waals surface area contributed by atoms with Crippen molar-refractivity contribution in [3.63, 3.8) is 0 Å². The lowest BCUT2D eigenvalue weighted by Gasteiger charge is -2.34. The van der Waals surface area contributed by atoms with Crippen LogP contribution in [0.15, 0.2) is 115 Å². The van der Waals surface area contributed by atoms with E-state index in [1.807, 2.05) is 6.07 Å². The Bertz CT molecular complexity index is 1370. The van der Waals surface area contributed by atoms with Gasteiger partial charge in [-0.05, 0) is 62.4 Å². The predicted molar refractivity (Wildman–Crippen MR) is 126 cm³/mol. The minimum atomic E-state index is -0.401. The highest BCUT2D eigenvalue weighted by molar-refractivity contribution is 6.30. The van der Waals surface area contributed by atoms with Gasteiger partial charge in [0.2, 0.25) is 0 Å². The highest BCUT2D eigenvalue weighted by Crippen LogP contribution is 2.56. The van der Waals surface area contributed by atoms with E-state index in [0.29, 0.717) is 0 Å². The fraction of sp³-hybridized carbons (Fsp3) is 0.0345.